The van der Waals surface area contributed by atoms with Gasteiger partial charge >= 0.3 is 0 Å². The van der Waals surface area contributed by atoms with Crippen LogP contribution in [0.25, 0.3) is 0 Å². The molecule has 0 atom stereocenters. The molecule has 3 rings (SSSR count). The summed E-state index contributed by atoms with van der Waals surface area (Å²) in [7, 11) is 0. The predicted molar refractivity (Wildman–Crippen MR) is 101 cm³/mol. The maximum atomic E-state index is 12.2. The molecule has 1 heterocycles. The van der Waals surface area contributed by atoms with Gasteiger partial charge in [0.1, 0.15) is 5.69 Å². The van der Waals surface area contributed by atoms with Crippen LogP contribution >= 0.6 is 15.9 Å². The van der Waals surface area contributed by atoms with Gasteiger partial charge in [0.2, 0.25) is 0 Å². The number of aryl methyl sites for hydroxylation is 1. The Morgan fingerprint density at radius 1 is 1.00 bits per heavy atom. The largest absolute Gasteiger partial charge is 0.354 e. The highest BCUT2D eigenvalue weighted by molar-refractivity contribution is 9.10. The molecule has 0 spiro atoms. The van der Waals surface area contributed by atoms with Crippen LogP contribution in [0.1, 0.15) is 16.1 Å². The first kappa shape index (κ1) is 16.2. The number of carbonyl (C=O) groups excluding carboxylic acids is 1. The fourth-order valence-corrected chi connectivity index (χ4v) is 2.63. The summed E-state index contributed by atoms with van der Waals surface area (Å²) in [5, 5.41) is 6.12. The third kappa shape index (κ3) is 4.00. The number of carbonyl (C=O) groups is 1. The lowest BCUT2D eigenvalue weighted by molar-refractivity contribution is 0.102. The lowest BCUT2D eigenvalue weighted by atomic mass is 10.2. The quantitative estimate of drug-likeness (QED) is 0.656. The molecule has 1 amide bonds. The van der Waals surface area contributed by atoms with E-state index in [0.717, 1.165) is 27.1 Å². The van der Waals surface area contributed by atoms with Gasteiger partial charge in [-0.2, -0.15) is 0 Å². The maximum absolute atomic E-state index is 12.2. The first-order valence-corrected chi connectivity index (χ1v) is 8.27. The Morgan fingerprint density at radius 3 is 2.54 bits per heavy atom. The second-order valence-corrected chi connectivity index (χ2v) is 6.25. The number of hydrogen-bond acceptors (Lipinski definition) is 3. The fraction of sp³-hybridized carbons (Fsp3) is 0.0526. The molecule has 0 aliphatic heterocycles. The van der Waals surface area contributed by atoms with Gasteiger partial charge in [-0.1, -0.05) is 40.2 Å². The van der Waals surface area contributed by atoms with Crippen LogP contribution in [0.2, 0.25) is 0 Å². The third-order valence-corrected chi connectivity index (χ3v) is 4.00. The van der Waals surface area contributed by atoms with E-state index in [2.05, 4.69) is 31.5 Å². The van der Waals surface area contributed by atoms with Gasteiger partial charge in [-0.05, 0) is 48.9 Å². The third-order valence-electron chi connectivity index (χ3n) is 3.50. The van der Waals surface area contributed by atoms with E-state index >= 15 is 0 Å². The topological polar surface area (TPSA) is 54.0 Å². The van der Waals surface area contributed by atoms with E-state index in [0.29, 0.717) is 5.69 Å². The Hall–Kier alpha value is -2.66. The van der Waals surface area contributed by atoms with Crippen molar-refractivity contribution >= 4 is 38.9 Å². The van der Waals surface area contributed by atoms with E-state index in [1.165, 1.54) is 0 Å². The Morgan fingerprint density at radius 2 is 1.83 bits per heavy atom. The highest BCUT2D eigenvalue weighted by Crippen LogP contribution is 2.20. The van der Waals surface area contributed by atoms with E-state index in [1.807, 2.05) is 61.5 Å². The number of aromatic nitrogens is 1. The number of pyridine rings is 1. The lowest BCUT2D eigenvalue weighted by Crippen LogP contribution is -2.13. The lowest BCUT2D eigenvalue weighted by Gasteiger charge is -2.10. The summed E-state index contributed by atoms with van der Waals surface area (Å²) in [6.45, 7) is 2.04. The normalized spacial score (nSPS) is 10.2. The number of para-hydroxylation sites is 1. The second-order valence-electron chi connectivity index (χ2n) is 5.34. The molecule has 5 heteroatoms. The minimum atomic E-state index is -0.240. The summed E-state index contributed by atoms with van der Waals surface area (Å²) in [5.74, 6) is -0.240. The van der Waals surface area contributed by atoms with Gasteiger partial charge in [-0.25, -0.2) is 4.98 Å². The van der Waals surface area contributed by atoms with Crippen molar-refractivity contribution in [1.82, 2.24) is 4.98 Å². The van der Waals surface area contributed by atoms with Crippen molar-refractivity contribution in [2.45, 2.75) is 6.92 Å². The van der Waals surface area contributed by atoms with Crippen molar-refractivity contribution in [3.63, 3.8) is 0 Å². The molecule has 2 N–H and O–H groups in total. The number of nitrogens with zero attached hydrogens (tertiary/aromatic N) is 1. The Labute approximate surface area is 149 Å². The van der Waals surface area contributed by atoms with Crippen LogP contribution < -0.4 is 10.6 Å². The van der Waals surface area contributed by atoms with Crippen molar-refractivity contribution in [2.24, 2.45) is 0 Å². The first-order chi connectivity index (χ1) is 11.6. The van der Waals surface area contributed by atoms with E-state index < -0.39 is 0 Å². The summed E-state index contributed by atoms with van der Waals surface area (Å²) in [6, 6.07) is 19.0. The van der Waals surface area contributed by atoms with E-state index in [9.17, 15) is 4.79 Å². The van der Waals surface area contributed by atoms with Crippen molar-refractivity contribution < 1.29 is 4.79 Å². The van der Waals surface area contributed by atoms with Crippen molar-refractivity contribution in [3.8, 4) is 0 Å². The number of halogens is 1. The molecule has 0 unspecified atom stereocenters. The van der Waals surface area contributed by atoms with E-state index in [-0.39, 0.29) is 5.91 Å². The van der Waals surface area contributed by atoms with Crippen LogP contribution in [-0.2, 0) is 0 Å². The van der Waals surface area contributed by atoms with E-state index in [1.54, 1.807) is 12.3 Å². The number of nitrogens with one attached hydrogen (secondary N) is 2. The number of anilines is 3. The molecule has 120 valence electrons. The van der Waals surface area contributed by atoms with Crippen LogP contribution in [0, 0.1) is 6.92 Å². The van der Waals surface area contributed by atoms with Crippen molar-refractivity contribution in [1.29, 1.82) is 0 Å². The van der Waals surface area contributed by atoms with Crippen LogP contribution in [-0.4, -0.2) is 10.9 Å². The molecule has 3 aromatic rings. The van der Waals surface area contributed by atoms with Crippen molar-refractivity contribution in [2.75, 3.05) is 10.6 Å². The Bertz CT molecular complexity index is 862. The summed E-state index contributed by atoms with van der Waals surface area (Å²) >= 11 is 3.38. The summed E-state index contributed by atoms with van der Waals surface area (Å²) in [4.78, 5) is 16.5. The average Bonchev–Trinajstić information content (AvgIpc) is 2.57. The number of benzene rings is 2. The summed E-state index contributed by atoms with van der Waals surface area (Å²) < 4.78 is 0.908. The zero-order chi connectivity index (χ0) is 16.9. The van der Waals surface area contributed by atoms with Gasteiger partial charge in [-0.15, -0.1) is 0 Å². The smallest absolute Gasteiger partial charge is 0.274 e. The Kier molecular flexibility index (Phi) is 4.91. The molecule has 0 aliphatic rings. The summed E-state index contributed by atoms with van der Waals surface area (Å²) in [6.07, 6.45) is 1.66. The van der Waals surface area contributed by atoms with Crippen LogP contribution in [0.3, 0.4) is 0 Å². The Balaban J connectivity index is 1.70. The molecule has 2 aromatic carbocycles. The monoisotopic (exact) mass is 381 g/mol. The number of rotatable bonds is 4. The molecule has 1 aromatic heterocycles. The minimum Gasteiger partial charge on any atom is -0.354 e. The molecular weight excluding hydrogens is 366 g/mol. The van der Waals surface area contributed by atoms with Gasteiger partial charge < -0.3 is 10.6 Å². The second kappa shape index (κ2) is 7.27. The highest BCUT2D eigenvalue weighted by atomic mass is 79.9. The van der Waals surface area contributed by atoms with Gasteiger partial charge in [0.05, 0.1) is 11.9 Å². The minimum absolute atomic E-state index is 0.240. The number of hydrogen-bond donors (Lipinski definition) is 2. The van der Waals surface area contributed by atoms with Crippen LogP contribution in [0.5, 0.6) is 0 Å². The zero-order valence-corrected chi connectivity index (χ0v) is 14.7. The highest BCUT2D eigenvalue weighted by Gasteiger charge is 2.08. The maximum Gasteiger partial charge on any atom is 0.274 e. The van der Waals surface area contributed by atoms with Gasteiger partial charge in [0, 0.05) is 15.8 Å². The van der Waals surface area contributed by atoms with Gasteiger partial charge in [0.15, 0.2) is 0 Å². The molecule has 0 saturated carbocycles. The van der Waals surface area contributed by atoms with Gasteiger partial charge in [-0.3, -0.25) is 4.79 Å². The first-order valence-electron chi connectivity index (χ1n) is 7.47. The number of amides is 1. The SMILES string of the molecule is Cc1ccccc1Nc1ccc(C(=O)Nc2cccc(Br)c2)nc1. The van der Waals surface area contributed by atoms with E-state index in [4.69, 9.17) is 0 Å². The van der Waals surface area contributed by atoms with Crippen molar-refractivity contribution in [3.05, 3.63) is 82.6 Å². The molecular formula is C19H16BrN3O. The van der Waals surface area contributed by atoms with Crippen LogP contribution in [0.4, 0.5) is 17.1 Å². The molecule has 0 aliphatic carbocycles. The molecule has 0 saturated heterocycles. The fourth-order valence-electron chi connectivity index (χ4n) is 2.23. The molecule has 0 radical (unpaired) electrons. The molecule has 0 bridgehead atoms. The standard InChI is InChI=1S/C19H16BrN3O/c1-13-5-2-3-8-17(13)22-16-9-10-18(21-12-16)19(24)23-15-7-4-6-14(20)11-15/h2-12,22H,1H3,(H,23,24). The molecule has 0 fully saturated rings. The average molecular weight is 382 g/mol. The molecule has 4 nitrogen and oxygen atoms in total. The van der Waals surface area contributed by atoms with Gasteiger partial charge in [0.25, 0.3) is 5.91 Å². The zero-order valence-electron chi connectivity index (χ0n) is 13.1. The summed E-state index contributed by atoms with van der Waals surface area (Å²) in [5.41, 5.74) is 4.09. The predicted octanol–water partition coefficient (Wildman–Crippen LogP) is 5.15. The molecule has 24 heavy (non-hydrogen) atoms. The van der Waals surface area contributed by atoms with Crippen LogP contribution in [0.15, 0.2) is 71.3 Å².